The third-order valence-corrected chi connectivity index (χ3v) is 5.63. The first-order chi connectivity index (χ1) is 12.7. The van der Waals surface area contributed by atoms with Crippen LogP contribution in [0.5, 0.6) is 0 Å². The number of nitrogens with one attached hydrogen (secondary N) is 1. The fraction of sp³-hybridized carbons (Fsp3) is 0.263. The summed E-state index contributed by atoms with van der Waals surface area (Å²) in [5.74, 6) is 0.562. The van der Waals surface area contributed by atoms with Gasteiger partial charge < -0.3 is 14.8 Å². The van der Waals surface area contributed by atoms with Gasteiger partial charge in [-0.3, -0.25) is 4.79 Å². The molecule has 2 aromatic carbocycles. The zero-order valence-corrected chi connectivity index (χ0v) is 15.8. The molecule has 0 bridgehead atoms. The summed E-state index contributed by atoms with van der Waals surface area (Å²) in [7, 11) is 0. The van der Waals surface area contributed by atoms with Crippen molar-refractivity contribution in [2.24, 2.45) is 0 Å². The Morgan fingerprint density at radius 3 is 2.54 bits per heavy atom. The quantitative estimate of drug-likeness (QED) is 0.695. The van der Waals surface area contributed by atoms with Crippen molar-refractivity contribution >= 4 is 46.0 Å². The highest BCUT2D eigenvalue weighted by Gasteiger charge is 2.21. The van der Waals surface area contributed by atoms with Crippen LogP contribution < -0.4 is 4.90 Å². The van der Waals surface area contributed by atoms with Gasteiger partial charge in [-0.15, -0.1) is 0 Å². The molecule has 0 atom stereocenters. The molecule has 1 saturated heterocycles. The molecule has 3 aromatic rings. The number of anilines is 1. The van der Waals surface area contributed by atoms with Crippen LogP contribution in [0.1, 0.15) is 0 Å². The lowest BCUT2D eigenvalue weighted by molar-refractivity contribution is -0.128. The first-order valence-electron chi connectivity index (χ1n) is 8.55. The van der Waals surface area contributed by atoms with Crippen LogP contribution in [0.4, 0.5) is 5.69 Å². The Kier molecular flexibility index (Phi) is 5.04. The maximum Gasteiger partial charge on any atom is 0.233 e. The van der Waals surface area contributed by atoms with E-state index in [4.69, 9.17) is 11.6 Å². The van der Waals surface area contributed by atoms with Gasteiger partial charge >= 0.3 is 0 Å². The highest BCUT2D eigenvalue weighted by molar-refractivity contribution is 7.99. The van der Waals surface area contributed by atoms with E-state index in [-0.39, 0.29) is 5.91 Å². The summed E-state index contributed by atoms with van der Waals surface area (Å²) in [4.78, 5) is 24.5. The van der Waals surface area contributed by atoms with Crippen molar-refractivity contribution in [3.63, 3.8) is 0 Å². The van der Waals surface area contributed by atoms with Crippen LogP contribution in [-0.4, -0.2) is 52.7 Å². The van der Waals surface area contributed by atoms with Crippen molar-refractivity contribution in [3.05, 3.63) is 53.6 Å². The maximum absolute atomic E-state index is 12.5. The predicted octanol–water partition coefficient (Wildman–Crippen LogP) is 3.66. The number of hydrogen-bond donors (Lipinski definition) is 1. The fourth-order valence-corrected chi connectivity index (χ4v) is 4.00. The van der Waals surface area contributed by atoms with Gasteiger partial charge in [-0.05, 0) is 36.4 Å². The number of imidazole rings is 1. The molecule has 4 rings (SSSR count). The van der Waals surface area contributed by atoms with Gasteiger partial charge in [0.25, 0.3) is 0 Å². The number of H-pyrrole nitrogens is 1. The molecule has 0 aliphatic carbocycles. The lowest BCUT2D eigenvalue weighted by Gasteiger charge is -2.36. The van der Waals surface area contributed by atoms with Crippen LogP contribution in [0.2, 0.25) is 5.02 Å². The van der Waals surface area contributed by atoms with Gasteiger partial charge in [-0.25, -0.2) is 4.98 Å². The Hall–Kier alpha value is -2.18. The molecule has 1 aliphatic heterocycles. The van der Waals surface area contributed by atoms with Crippen LogP contribution in [-0.2, 0) is 4.79 Å². The molecule has 0 spiro atoms. The number of carbonyl (C=O) groups is 1. The van der Waals surface area contributed by atoms with Crippen LogP contribution in [0.15, 0.2) is 53.7 Å². The summed E-state index contributed by atoms with van der Waals surface area (Å²) < 4.78 is 0. The molecule has 5 nitrogen and oxygen atoms in total. The number of fused-ring (bicyclic) bond motifs is 1. The van der Waals surface area contributed by atoms with E-state index in [9.17, 15) is 4.79 Å². The largest absolute Gasteiger partial charge is 0.368 e. The number of carbonyl (C=O) groups excluding carboxylic acids is 1. The van der Waals surface area contributed by atoms with E-state index < -0.39 is 0 Å². The minimum atomic E-state index is 0.159. The van der Waals surface area contributed by atoms with E-state index in [0.717, 1.165) is 53.1 Å². The van der Waals surface area contributed by atoms with E-state index in [1.165, 1.54) is 11.8 Å². The lowest BCUT2D eigenvalue weighted by Crippen LogP contribution is -2.49. The Morgan fingerprint density at radius 1 is 1.08 bits per heavy atom. The number of nitrogens with zero attached hydrogens (tertiary/aromatic N) is 3. The monoisotopic (exact) mass is 386 g/mol. The van der Waals surface area contributed by atoms with Crippen molar-refractivity contribution in [1.82, 2.24) is 14.9 Å². The summed E-state index contributed by atoms with van der Waals surface area (Å²) in [5, 5.41) is 1.53. The van der Waals surface area contributed by atoms with Crippen molar-refractivity contribution in [2.45, 2.75) is 5.16 Å². The Bertz CT molecular complexity index is 870. The second-order valence-electron chi connectivity index (χ2n) is 6.19. The summed E-state index contributed by atoms with van der Waals surface area (Å²) in [6.45, 7) is 3.15. The number of hydrogen-bond acceptors (Lipinski definition) is 4. The summed E-state index contributed by atoms with van der Waals surface area (Å²) in [5.41, 5.74) is 3.08. The number of benzene rings is 2. The fourth-order valence-electron chi connectivity index (χ4n) is 3.09. The van der Waals surface area contributed by atoms with Gasteiger partial charge in [0.15, 0.2) is 5.16 Å². The number of amides is 1. The molecule has 1 N–H and O–H groups in total. The van der Waals surface area contributed by atoms with E-state index in [0.29, 0.717) is 5.75 Å². The number of thioether (sulfide) groups is 1. The van der Waals surface area contributed by atoms with Crippen LogP contribution >= 0.6 is 23.4 Å². The number of para-hydroxylation sites is 2. The number of aromatic nitrogens is 2. The second-order valence-corrected chi connectivity index (χ2v) is 7.59. The van der Waals surface area contributed by atoms with Crippen molar-refractivity contribution in [1.29, 1.82) is 0 Å². The predicted molar refractivity (Wildman–Crippen MR) is 107 cm³/mol. The molecule has 0 saturated carbocycles. The van der Waals surface area contributed by atoms with Crippen molar-refractivity contribution < 1.29 is 4.79 Å². The molecule has 1 amide bonds. The molecule has 1 aliphatic rings. The van der Waals surface area contributed by atoms with Crippen molar-refractivity contribution in [3.8, 4) is 0 Å². The maximum atomic E-state index is 12.5. The third-order valence-electron chi connectivity index (χ3n) is 4.52. The first-order valence-corrected chi connectivity index (χ1v) is 9.91. The number of aromatic amines is 1. The van der Waals surface area contributed by atoms with Gasteiger partial charge in [0.1, 0.15) is 0 Å². The molecular formula is C19H19ClN4OS. The smallest absolute Gasteiger partial charge is 0.233 e. The van der Waals surface area contributed by atoms with Crippen molar-refractivity contribution in [2.75, 3.05) is 36.8 Å². The van der Waals surface area contributed by atoms with E-state index in [2.05, 4.69) is 14.9 Å². The lowest BCUT2D eigenvalue weighted by atomic mass is 10.2. The van der Waals surface area contributed by atoms with Gasteiger partial charge in [-0.2, -0.15) is 0 Å². The Balaban J connectivity index is 1.30. The van der Waals surface area contributed by atoms with E-state index in [1.54, 1.807) is 0 Å². The summed E-state index contributed by atoms with van der Waals surface area (Å²) >= 11 is 7.41. The standard InChI is InChI=1S/C19H19ClN4OS/c20-14-5-7-15(8-6-14)23-9-11-24(12-10-23)18(25)13-26-19-21-16-3-1-2-4-17(16)22-19/h1-8H,9-13H2,(H,21,22). The Labute approximate surface area is 161 Å². The zero-order valence-electron chi connectivity index (χ0n) is 14.2. The van der Waals surface area contributed by atoms with Gasteiger partial charge in [0.05, 0.1) is 16.8 Å². The second kappa shape index (κ2) is 7.60. The molecule has 26 heavy (non-hydrogen) atoms. The van der Waals surface area contributed by atoms with E-state index in [1.807, 2.05) is 53.4 Å². The van der Waals surface area contributed by atoms with Gasteiger partial charge in [-0.1, -0.05) is 35.5 Å². The first kappa shape index (κ1) is 17.2. The minimum absolute atomic E-state index is 0.159. The number of halogens is 1. The van der Waals surface area contributed by atoms with Crippen LogP contribution in [0, 0.1) is 0 Å². The molecule has 1 fully saturated rings. The molecule has 2 heterocycles. The highest BCUT2D eigenvalue weighted by atomic mass is 35.5. The molecule has 134 valence electrons. The highest BCUT2D eigenvalue weighted by Crippen LogP contribution is 2.21. The van der Waals surface area contributed by atoms with Crippen LogP contribution in [0.25, 0.3) is 11.0 Å². The molecular weight excluding hydrogens is 368 g/mol. The average molecular weight is 387 g/mol. The zero-order chi connectivity index (χ0) is 17.9. The summed E-state index contributed by atoms with van der Waals surface area (Å²) in [6.07, 6.45) is 0. The third kappa shape index (κ3) is 3.81. The number of rotatable bonds is 4. The van der Waals surface area contributed by atoms with Gasteiger partial charge in [0, 0.05) is 36.9 Å². The average Bonchev–Trinajstić information content (AvgIpc) is 3.10. The minimum Gasteiger partial charge on any atom is -0.368 e. The summed E-state index contributed by atoms with van der Waals surface area (Å²) in [6, 6.07) is 15.7. The number of piperazine rings is 1. The molecule has 0 unspecified atom stereocenters. The SMILES string of the molecule is O=C(CSc1nc2ccccc2[nH]1)N1CCN(c2ccc(Cl)cc2)CC1. The topological polar surface area (TPSA) is 52.2 Å². The molecule has 0 radical (unpaired) electrons. The Morgan fingerprint density at radius 2 is 1.81 bits per heavy atom. The van der Waals surface area contributed by atoms with Crippen LogP contribution in [0.3, 0.4) is 0 Å². The molecule has 7 heteroatoms. The van der Waals surface area contributed by atoms with E-state index >= 15 is 0 Å². The molecule has 1 aromatic heterocycles. The van der Waals surface area contributed by atoms with Gasteiger partial charge in [0.2, 0.25) is 5.91 Å². The normalized spacial score (nSPS) is 14.8.